The van der Waals surface area contributed by atoms with E-state index in [-0.39, 0.29) is 25.5 Å². The van der Waals surface area contributed by atoms with E-state index in [9.17, 15) is 14.4 Å². The summed E-state index contributed by atoms with van der Waals surface area (Å²) in [6.45, 7) is 8.23. The van der Waals surface area contributed by atoms with Crippen molar-refractivity contribution in [1.82, 2.24) is 9.55 Å². The van der Waals surface area contributed by atoms with Gasteiger partial charge in [0.2, 0.25) is 0 Å². The fourth-order valence-electron chi connectivity index (χ4n) is 3.97. The van der Waals surface area contributed by atoms with Crippen molar-refractivity contribution in [3.8, 4) is 0 Å². The highest BCUT2D eigenvalue weighted by Crippen LogP contribution is 2.15. The molecule has 0 saturated carbocycles. The van der Waals surface area contributed by atoms with Crippen LogP contribution < -0.4 is 11.2 Å². The number of ether oxygens (including phenoxy) is 2. The second kappa shape index (κ2) is 12.1. The van der Waals surface area contributed by atoms with E-state index in [4.69, 9.17) is 9.47 Å². The summed E-state index contributed by atoms with van der Waals surface area (Å²) in [4.78, 5) is 39.5. The van der Waals surface area contributed by atoms with E-state index in [1.54, 1.807) is 24.3 Å². The molecule has 0 amide bonds. The van der Waals surface area contributed by atoms with Crippen molar-refractivity contribution >= 4 is 5.97 Å². The lowest BCUT2D eigenvalue weighted by Gasteiger charge is -2.16. The van der Waals surface area contributed by atoms with E-state index in [0.29, 0.717) is 29.7 Å². The number of carbonyl (C=O) groups excluding carboxylic acids is 1. The number of H-pyrrole nitrogens is 1. The van der Waals surface area contributed by atoms with Crippen molar-refractivity contribution in [3.05, 3.63) is 115 Å². The van der Waals surface area contributed by atoms with Crippen LogP contribution in [0.15, 0.2) is 64.2 Å². The maximum Gasteiger partial charge on any atom is 0.338 e. The number of aryl methyl sites for hydroxylation is 3. The number of aromatic nitrogens is 2. The predicted molar refractivity (Wildman–Crippen MR) is 136 cm³/mol. The normalized spacial score (nSPS) is 11.2. The van der Waals surface area contributed by atoms with E-state index in [0.717, 1.165) is 22.3 Å². The van der Waals surface area contributed by atoms with Crippen LogP contribution in [0.3, 0.4) is 0 Å². The van der Waals surface area contributed by atoms with Crippen LogP contribution >= 0.6 is 0 Å². The maximum atomic E-state index is 12.6. The largest absolute Gasteiger partial charge is 0.458 e. The minimum Gasteiger partial charge on any atom is -0.458 e. The third-order valence-electron chi connectivity index (χ3n) is 5.62. The first-order valence-electron chi connectivity index (χ1n) is 11.7. The Morgan fingerprint density at radius 2 is 1.60 bits per heavy atom. The highest BCUT2D eigenvalue weighted by molar-refractivity contribution is 5.89. The van der Waals surface area contributed by atoms with E-state index >= 15 is 0 Å². The van der Waals surface area contributed by atoms with Gasteiger partial charge in [0.1, 0.15) is 13.3 Å². The van der Waals surface area contributed by atoms with Gasteiger partial charge in [0, 0.05) is 17.7 Å². The second-order valence-corrected chi connectivity index (χ2v) is 8.57. The van der Waals surface area contributed by atoms with Crippen molar-refractivity contribution < 1.29 is 14.3 Å². The third-order valence-corrected chi connectivity index (χ3v) is 5.62. The zero-order valence-corrected chi connectivity index (χ0v) is 20.7. The molecule has 7 nitrogen and oxygen atoms in total. The van der Waals surface area contributed by atoms with Crippen LogP contribution in [-0.2, 0) is 29.0 Å². The number of hydrogen-bond acceptors (Lipinski definition) is 5. The Hall–Kier alpha value is -3.71. The molecule has 0 bridgehead atoms. The minimum atomic E-state index is -0.498. The molecule has 0 aliphatic rings. The number of carbonyl (C=O) groups is 1. The van der Waals surface area contributed by atoms with Crippen LogP contribution in [0.5, 0.6) is 0 Å². The lowest BCUT2D eigenvalue weighted by atomic mass is 10.0. The first-order chi connectivity index (χ1) is 16.8. The third kappa shape index (κ3) is 7.13. The van der Waals surface area contributed by atoms with Crippen LogP contribution in [0.25, 0.3) is 0 Å². The van der Waals surface area contributed by atoms with Crippen molar-refractivity contribution in [1.29, 1.82) is 0 Å². The summed E-state index contributed by atoms with van der Waals surface area (Å²) < 4.78 is 12.4. The van der Waals surface area contributed by atoms with Gasteiger partial charge in [-0.15, -0.1) is 0 Å². The summed E-state index contributed by atoms with van der Waals surface area (Å²) in [7, 11) is 0. The van der Waals surface area contributed by atoms with Crippen molar-refractivity contribution in [2.45, 2.75) is 47.3 Å². The fourth-order valence-corrected chi connectivity index (χ4v) is 3.97. The van der Waals surface area contributed by atoms with Crippen LogP contribution in [0, 0.1) is 20.8 Å². The predicted octanol–water partition coefficient (Wildman–Crippen LogP) is 4.00. The number of rotatable bonds is 10. The standard InChI is InChI=1S/C28H32N2O5/c1-5-24-25(17-22-15-20(3)14-21(4)16-22)30(28(33)29-26(24)31)18-34-12-6-7-13-35-27(32)23-10-8-19(2)9-11-23/h6-11,14-16H,5,12-13,17-18H2,1-4H3,(H,29,31,33)/b7-6+. The average molecular weight is 477 g/mol. The molecular formula is C28H32N2O5. The molecule has 0 unspecified atom stereocenters. The molecule has 3 aromatic rings. The van der Waals surface area contributed by atoms with E-state index in [1.165, 1.54) is 4.57 Å². The van der Waals surface area contributed by atoms with Gasteiger partial charge in [-0.1, -0.05) is 60.0 Å². The van der Waals surface area contributed by atoms with Crippen molar-refractivity contribution in [2.75, 3.05) is 13.2 Å². The Balaban J connectivity index is 1.63. The topological polar surface area (TPSA) is 90.4 Å². The van der Waals surface area contributed by atoms with Crippen LogP contribution in [0.2, 0.25) is 0 Å². The molecule has 0 radical (unpaired) electrons. The lowest BCUT2D eigenvalue weighted by Crippen LogP contribution is -2.36. The molecule has 1 N–H and O–H groups in total. The molecule has 0 fully saturated rings. The summed E-state index contributed by atoms with van der Waals surface area (Å²) in [6, 6.07) is 13.4. The molecule has 0 spiro atoms. The smallest absolute Gasteiger partial charge is 0.338 e. The quantitative estimate of drug-likeness (QED) is 0.271. The summed E-state index contributed by atoms with van der Waals surface area (Å²) >= 11 is 0. The molecule has 0 saturated heterocycles. The molecule has 0 aliphatic carbocycles. The van der Waals surface area contributed by atoms with Gasteiger partial charge in [0.25, 0.3) is 5.56 Å². The Labute approximate surface area is 205 Å². The number of nitrogens with zero attached hydrogens (tertiary/aromatic N) is 1. The van der Waals surface area contributed by atoms with Gasteiger partial charge in [-0.3, -0.25) is 14.3 Å². The molecule has 2 aromatic carbocycles. The van der Waals surface area contributed by atoms with Crippen LogP contribution in [0.1, 0.15) is 50.8 Å². The van der Waals surface area contributed by atoms with E-state index in [2.05, 4.69) is 23.2 Å². The molecule has 0 atom stereocenters. The molecule has 184 valence electrons. The summed E-state index contributed by atoms with van der Waals surface area (Å²) in [5.41, 5.74) is 5.23. The van der Waals surface area contributed by atoms with Crippen molar-refractivity contribution in [3.63, 3.8) is 0 Å². The van der Waals surface area contributed by atoms with Gasteiger partial charge < -0.3 is 9.47 Å². The SMILES string of the molecule is CCc1c(Cc2cc(C)cc(C)c2)n(COC/C=C/COC(=O)c2ccc(C)cc2)c(=O)[nH]c1=O. The lowest BCUT2D eigenvalue weighted by molar-refractivity contribution is 0.0547. The van der Waals surface area contributed by atoms with Gasteiger partial charge in [0.15, 0.2) is 0 Å². The molecule has 35 heavy (non-hydrogen) atoms. The Bertz CT molecular complexity index is 1300. The molecule has 3 rings (SSSR count). The number of hydrogen-bond donors (Lipinski definition) is 1. The molecule has 7 heteroatoms. The Kier molecular flexibility index (Phi) is 8.98. The zero-order valence-electron chi connectivity index (χ0n) is 20.7. The van der Waals surface area contributed by atoms with Gasteiger partial charge in [-0.2, -0.15) is 0 Å². The number of aromatic amines is 1. The van der Waals surface area contributed by atoms with Gasteiger partial charge >= 0.3 is 11.7 Å². The number of esters is 1. The Morgan fingerprint density at radius 1 is 0.943 bits per heavy atom. The Morgan fingerprint density at radius 3 is 2.26 bits per heavy atom. The van der Waals surface area contributed by atoms with E-state index < -0.39 is 11.7 Å². The monoisotopic (exact) mass is 476 g/mol. The highest BCUT2D eigenvalue weighted by Gasteiger charge is 2.15. The summed E-state index contributed by atoms with van der Waals surface area (Å²) in [5.74, 6) is -0.390. The molecule has 1 aromatic heterocycles. The van der Waals surface area contributed by atoms with E-state index in [1.807, 2.05) is 39.8 Å². The first kappa shape index (κ1) is 25.9. The summed E-state index contributed by atoms with van der Waals surface area (Å²) in [5, 5.41) is 0. The molecule has 1 heterocycles. The minimum absolute atomic E-state index is 0.00373. The second-order valence-electron chi connectivity index (χ2n) is 8.57. The van der Waals surface area contributed by atoms with Gasteiger partial charge in [-0.05, 0) is 51.0 Å². The van der Waals surface area contributed by atoms with Crippen LogP contribution in [-0.4, -0.2) is 28.7 Å². The number of benzene rings is 2. The molecular weight excluding hydrogens is 444 g/mol. The van der Waals surface area contributed by atoms with Crippen molar-refractivity contribution in [2.24, 2.45) is 0 Å². The van der Waals surface area contributed by atoms with Gasteiger partial charge in [-0.25, -0.2) is 9.59 Å². The highest BCUT2D eigenvalue weighted by atomic mass is 16.5. The maximum absolute atomic E-state index is 12.6. The fraction of sp³-hybridized carbons (Fsp3) is 0.321. The van der Waals surface area contributed by atoms with Crippen LogP contribution in [0.4, 0.5) is 0 Å². The zero-order chi connectivity index (χ0) is 25.4. The first-order valence-corrected chi connectivity index (χ1v) is 11.7. The van der Waals surface area contributed by atoms with Gasteiger partial charge in [0.05, 0.1) is 12.2 Å². The summed E-state index contributed by atoms with van der Waals surface area (Å²) in [6.07, 6.45) is 4.38. The molecule has 0 aliphatic heterocycles. The number of nitrogens with one attached hydrogen (secondary N) is 1. The average Bonchev–Trinajstić information content (AvgIpc) is 2.79.